The second kappa shape index (κ2) is 6.61. The molecule has 2 unspecified atom stereocenters. The van der Waals surface area contributed by atoms with Crippen molar-refractivity contribution in [1.29, 1.82) is 0 Å². The summed E-state index contributed by atoms with van der Waals surface area (Å²) in [5, 5.41) is 3.65. The van der Waals surface area contributed by atoms with E-state index in [1.807, 2.05) is 0 Å². The predicted octanol–water partition coefficient (Wildman–Crippen LogP) is 3.11. The van der Waals surface area contributed by atoms with Crippen LogP contribution in [0.15, 0.2) is 0 Å². The van der Waals surface area contributed by atoms with Crippen molar-refractivity contribution in [3.63, 3.8) is 0 Å². The summed E-state index contributed by atoms with van der Waals surface area (Å²) in [6.45, 7) is 4.57. The Morgan fingerprint density at radius 2 is 2.19 bits per heavy atom. The van der Waals surface area contributed by atoms with E-state index in [-0.39, 0.29) is 0 Å². The van der Waals surface area contributed by atoms with Crippen LogP contribution in [-0.2, 0) is 4.74 Å². The highest BCUT2D eigenvalue weighted by atomic mass is 16.5. The first-order valence-corrected chi connectivity index (χ1v) is 7.23. The van der Waals surface area contributed by atoms with Crippen molar-refractivity contribution in [3.05, 3.63) is 0 Å². The van der Waals surface area contributed by atoms with Gasteiger partial charge in [-0.05, 0) is 51.0 Å². The highest BCUT2D eigenvalue weighted by molar-refractivity contribution is 4.81. The molecular weight excluding hydrogens is 198 g/mol. The van der Waals surface area contributed by atoms with Gasteiger partial charge < -0.3 is 10.1 Å². The Morgan fingerprint density at radius 1 is 1.31 bits per heavy atom. The van der Waals surface area contributed by atoms with Crippen LogP contribution < -0.4 is 5.32 Å². The quantitative estimate of drug-likeness (QED) is 0.685. The highest BCUT2D eigenvalue weighted by Gasteiger charge is 2.21. The maximum absolute atomic E-state index is 5.66. The van der Waals surface area contributed by atoms with Crippen molar-refractivity contribution in [2.24, 2.45) is 5.92 Å². The summed E-state index contributed by atoms with van der Waals surface area (Å²) in [6.07, 6.45) is 11.4. The van der Waals surface area contributed by atoms with Crippen molar-refractivity contribution < 1.29 is 4.74 Å². The summed E-state index contributed by atoms with van der Waals surface area (Å²) in [4.78, 5) is 0. The minimum atomic E-state index is 0.592. The average molecular weight is 225 g/mol. The van der Waals surface area contributed by atoms with Crippen molar-refractivity contribution in [1.82, 2.24) is 5.32 Å². The minimum Gasteiger partial charge on any atom is -0.378 e. The van der Waals surface area contributed by atoms with Gasteiger partial charge in [0, 0.05) is 12.6 Å². The van der Waals surface area contributed by atoms with Gasteiger partial charge in [0.2, 0.25) is 0 Å². The molecule has 0 aromatic rings. The van der Waals surface area contributed by atoms with Crippen molar-refractivity contribution in [3.8, 4) is 0 Å². The molecule has 2 aliphatic rings. The molecule has 0 amide bonds. The Kier molecular flexibility index (Phi) is 5.11. The maximum atomic E-state index is 5.66. The summed E-state index contributed by atoms with van der Waals surface area (Å²) in [5.74, 6) is 0.891. The van der Waals surface area contributed by atoms with E-state index in [2.05, 4.69) is 12.2 Å². The smallest absolute Gasteiger partial charge is 0.0576 e. The average Bonchev–Trinajstić information content (AvgIpc) is 2.99. The number of rotatable bonds is 8. The lowest BCUT2D eigenvalue weighted by atomic mass is 9.97. The predicted molar refractivity (Wildman–Crippen MR) is 67.6 cm³/mol. The van der Waals surface area contributed by atoms with Crippen LogP contribution in [0.4, 0.5) is 0 Å². The Balaban J connectivity index is 1.51. The van der Waals surface area contributed by atoms with Crippen molar-refractivity contribution >= 4 is 0 Å². The van der Waals surface area contributed by atoms with Crippen LogP contribution in [0.2, 0.25) is 0 Å². The molecule has 1 aliphatic carbocycles. The van der Waals surface area contributed by atoms with Gasteiger partial charge >= 0.3 is 0 Å². The highest BCUT2D eigenvalue weighted by Crippen LogP contribution is 2.22. The molecule has 2 heteroatoms. The molecule has 0 spiro atoms. The van der Waals surface area contributed by atoms with Gasteiger partial charge in [0.15, 0.2) is 0 Å². The molecule has 2 nitrogen and oxygen atoms in total. The van der Waals surface area contributed by atoms with Crippen molar-refractivity contribution in [2.75, 3.05) is 13.2 Å². The van der Waals surface area contributed by atoms with E-state index >= 15 is 0 Å². The van der Waals surface area contributed by atoms with Crippen LogP contribution in [0.5, 0.6) is 0 Å². The third-order valence-electron chi connectivity index (χ3n) is 4.01. The Morgan fingerprint density at radius 3 is 2.81 bits per heavy atom. The molecule has 1 saturated carbocycles. The van der Waals surface area contributed by atoms with E-state index in [4.69, 9.17) is 4.74 Å². The Bertz CT molecular complexity index is 185. The zero-order valence-electron chi connectivity index (χ0n) is 10.7. The standard InChI is InChI=1S/C14H27NO/c1-2-12(11-15-13-8-9-13)5-3-6-14-7-4-10-16-14/h12-15H,2-11H2,1H3. The fraction of sp³-hybridized carbons (Fsp3) is 1.00. The van der Waals surface area contributed by atoms with Crippen LogP contribution >= 0.6 is 0 Å². The van der Waals surface area contributed by atoms with E-state index in [1.165, 1.54) is 57.9 Å². The van der Waals surface area contributed by atoms with Gasteiger partial charge in [-0.1, -0.05) is 19.8 Å². The summed E-state index contributed by atoms with van der Waals surface area (Å²) >= 11 is 0. The van der Waals surface area contributed by atoms with E-state index in [9.17, 15) is 0 Å². The fourth-order valence-corrected chi connectivity index (χ4v) is 2.58. The van der Waals surface area contributed by atoms with Gasteiger partial charge in [0.05, 0.1) is 6.10 Å². The first-order valence-electron chi connectivity index (χ1n) is 7.23. The van der Waals surface area contributed by atoms with Gasteiger partial charge in [0.25, 0.3) is 0 Å². The Labute approximate surface area is 100 Å². The second-order valence-electron chi connectivity index (χ2n) is 5.52. The van der Waals surface area contributed by atoms with E-state index in [1.54, 1.807) is 0 Å². The molecule has 94 valence electrons. The van der Waals surface area contributed by atoms with Crippen molar-refractivity contribution in [2.45, 2.75) is 70.4 Å². The molecule has 1 N–H and O–H groups in total. The first kappa shape index (κ1) is 12.4. The largest absolute Gasteiger partial charge is 0.378 e. The maximum Gasteiger partial charge on any atom is 0.0576 e. The number of ether oxygens (including phenoxy) is 1. The van der Waals surface area contributed by atoms with E-state index < -0.39 is 0 Å². The molecule has 0 bridgehead atoms. The molecule has 0 aromatic heterocycles. The van der Waals surface area contributed by atoms with Gasteiger partial charge in [-0.15, -0.1) is 0 Å². The van der Waals surface area contributed by atoms with Crippen LogP contribution in [-0.4, -0.2) is 25.3 Å². The molecule has 0 aromatic carbocycles. The zero-order valence-corrected chi connectivity index (χ0v) is 10.7. The summed E-state index contributed by atoms with van der Waals surface area (Å²) < 4.78 is 5.66. The second-order valence-corrected chi connectivity index (χ2v) is 5.52. The lowest BCUT2D eigenvalue weighted by molar-refractivity contribution is 0.101. The number of nitrogens with one attached hydrogen (secondary N) is 1. The zero-order chi connectivity index (χ0) is 11.2. The minimum absolute atomic E-state index is 0.592. The van der Waals surface area contributed by atoms with Crippen LogP contribution in [0.25, 0.3) is 0 Å². The topological polar surface area (TPSA) is 21.3 Å². The normalized spacial score (nSPS) is 27.2. The van der Waals surface area contributed by atoms with Gasteiger partial charge in [-0.3, -0.25) is 0 Å². The molecule has 1 saturated heterocycles. The molecule has 16 heavy (non-hydrogen) atoms. The lowest BCUT2D eigenvalue weighted by Gasteiger charge is -2.16. The Hall–Kier alpha value is -0.0800. The molecule has 2 atom stereocenters. The SMILES string of the molecule is CCC(CCCC1CCCO1)CNC1CC1. The van der Waals surface area contributed by atoms with Crippen LogP contribution in [0.1, 0.15) is 58.3 Å². The third kappa shape index (κ3) is 4.42. The van der Waals surface area contributed by atoms with Crippen LogP contribution in [0, 0.1) is 5.92 Å². The molecule has 2 rings (SSSR count). The monoisotopic (exact) mass is 225 g/mol. The van der Waals surface area contributed by atoms with E-state index in [0.29, 0.717) is 6.10 Å². The fourth-order valence-electron chi connectivity index (χ4n) is 2.58. The molecule has 0 radical (unpaired) electrons. The van der Waals surface area contributed by atoms with Gasteiger partial charge in [0.1, 0.15) is 0 Å². The van der Waals surface area contributed by atoms with Gasteiger partial charge in [-0.25, -0.2) is 0 Å². The summed E-state index contributed by atoms with van der Waals surface area (Å²) in [6, 6.07) is 0.868. The summed E-state index contributed by atoms with van der Waals surface area (Å²) in [5.41, 5.74) is 0. The number of hydrogen-bond donors (Lipinski definition) is 1. The molecule has 1 aliphatic heterocycles. The van der Waals surface area contributed by atoms with Crippen LogP contribution in [0.3, 0.4) is 0 Å². The molecule has 2 fully saturated rings. The third-order valence-corrected chi connectivity index (χ3v) is 4.01. The molecular formula is C14H27NO. The molecule has 1 heterocycles. The van der Waals surface area contributed by atoms with E-state index in [0.717, 1.165) is 18.6 Å². The summed E-state index contributed by atoms with van der Waals surface area (Å²) in [7, 11) is 0. The number of hydrogen-bond acceptors (Lipinski definition) is 2. The van der Waals surface area contributed by atoms with Gasteiger partial charge in [-0.2, -0.15) is 0 Å². The first-order chi connectivity index (χ1) is 7.88. The lowest BCUT2D eigenvalue weighted by Crippen LogP contribution is -2.24.